The topological polar surface area (TPSA) is 56.0 Å². The normalized spacial score (nSPS) is 10.7. The predicted molar refractivity (Wildman–Crippen MR) is 58.1 cm³/mol. The maximum absolute atomic E-state index is 13.4. The molecule has 4 nitrogen and oxygen atoms in total. The van der Waals surface area contributed by atoms with Crippen LogP contribution >= 0.6 is 11.6 Å². The van der Waals surface area contributed by atoms with Gasteiger partial charge in [0.15, 0.2) is 0 Å². The molecule has 1 aromatic carbocycles. The molecule has 0 amide bonds. The van der Waals surface area contributed by atoms with Crippen molar-refractivity contribution in [3.05, 3.63) is 44.8 Å². The Labute approximate surface area is 94.8 Å². The van der Waals surface area contributed by atoms with Crippen molar-refractivity contribution >= 4 is 28.2 Å². The van der Waals surface area contributed by atoms with Crippen molar-refractivity contribution in [3.8, 4) is 0 Å². The van der Waals surface area contributed by atoms with Crippen LogP contribution in [0.2, 0.25) is 5.02 Å². The number of aryl methyl sites for hydroxylation is 1. The van der Waals surface area contributed by atoms with Crippen molar-refractivity contribution < 1.29 is 9.31 Å². The average molecular weight is 241 g/mol. The molecule has 2 rings (SSSR count). The van der Waals surface area contributed by atoms with Gasteiger partial charge in [-0.25, -0.2) is 9.37 Å². The summed E-state index contributed by atoms with van der Waals surface area (Å²) >= 11 is 5.87. The average Bonchev–Trinajstić information content (AvgIpc) is 2.23. The Morgan fingerprint density at radius 1 is 1.50 bits per heavy atom. The molecule has 0 atom stereocenters. The van der Waals surface area contributed by atoms with Gasteiger partial charge >= 0.3 is 5.69 Å². The van der Waals surface area contributed by atoms with Crippen molar-refractivity contribution in [1.29, 1.82) is 0 Å². The number of aromatic nitrogens is 1. The predicted octanol–water partition coefficient (Wildman–Crippen LogP) is 3.24. The fourth-order valence-corrected chi connectivity index (χ4v) is 1.86. The number of benzene rings is 1. The molecule has 1 heterocycles. The minimum Gasteiger partial charge on any atom is -0.258 e. The highest BCUT2D eigenvalue weighted by atomic mass is 35.5. The van der Waals surface area contributed by atoms with Gasteiger partial charge in [0, 0.05) is 5.39 Å². The fraction of sp³-hybridized carbons (Fsp3) is 0.100. The van der Waals surface area contributed by atoms with Gasteiger partial charge in [0.2, 0.25) is 0 Å². The molecule has 0 saturated carbocycles. The van der Waals surface area contributed by atoms with Crippen LogP contribution in [0.15, 0.2) is 18.3 Å². The number of nitrogens with zero attached hydrogens (tertiary/aromatic N) is 2. The monoisotopic (exact) mass is 240 g/mol. The Morgan fingerprint density at radius 3 is 2.81 bits per heavy atom. The lowest BCUT2D eigenvalue weighted by molar-refractivity contribution is -0.384. The molecular weight excluding hydrogens is 235 g/mol. The molecule has 0 radical (unpaired) electrons. The molecule has 6 heteroatoms. The Hall–Kier alpha value is -1.75. The summed E-state index contributed by atoms with van der Waals surface area (Å²) in [6, 6.07) is 2.77. The second-order valence-electron chi connectivity index (χ2n) is 3.30. The largest absolute Gasteiger partial charge is 0.306 e. The van der Waals surface area contributed by atoms with Crippen LogP contribution in [-0.4, -0.2) is 9.91 Å². The summed E-state index contributed by atoms with van der Waals surface area (Å²) in [6.45, 7) is 1.69. The van der Waals surface area contributed by atoms with Crippen molar-refractivity contribution in [3.63, 3.8) is 0 Å². The van der Waals surface area contributed by atoms with Gasteiger partial charge in [-0.15, -0.1) is 0 Å². The van der Waals surface area contributed by atoms with E-state index in [4.69, 9.17) is 11.6 Å². The van der Waals surface area contributed by atoms with Gasteiger partial charge in [0.25, 0.3) is 0 Å². The van der Waals surface area contributed by atoms with Crippen LogP contribution in [0.25, 0.3) is 10.9 Å². The van der Waals surface area contributed by atoms with E-state index in [0.29, 0.717) is 5.56 Å². The minimum atomic E-state index is -0.640. The summed E-state index contributed by atoms with van der Waals surface area (Å²) in [5.74, 6) is -0.544. The molecule has 1 aromatic heterocycles. The highest BCUT2D eigenvalue weighted by Crippen LogP contribution is 2.33. The quantitative estimate of drug-likeness (QED) is 0.568. The van der Waals surface area contributed by atoms with Gasteiger partial charge in [-0.05, 0) is 18.6 Å². The molecule has 0 saturated heterocycles. The van der Waals surface area contributed by atoms with E-state index in [1.807, 2.05) is 0 Å². The molecule has 0 bridgehead atoms. The highest BCUT2D eigenvalue weighted by molar-refractivity contribution is 6.37. The van der Waals surface area contributed by atoms with Gasteiger partial charge in [-0.2, -0.15) is 0 Å². The Kier molecular flexibility index (Phi) is 2.47. The third kappa shape index (κ3) is 1.49. The molecule has 0 aliphatic heterocycles. The van der Waals surface area contributed by atoms with Crippen molar-refractivity contribution in [2.75, 3.05) is 0 Å². The van der Waals surface area contributed by atoms with Crippen LogP contribution in [0.3, 0.4) is 0 Å². The summed E-state index contributed by atoms with van der Waals surface area (Å²) in [4.78, 5) is 13.7. The van der Waals surface area contributed by atoms with E-state index in [2.05, 4.69) is 4.98 Å². The molecule has 0 unspecified atom stereocenters. The molecular formula is C10H6ClFN2O2. The summed E-state index contributed by atoms with van der Waals surface area (Å²) in [6.07, 6.45) is 0.965. The lowest BCUT2D eigenvalue weighted by Gasteiger charge is -2.04. The maximum Gasteiger partial charge on any atom is 0.306 e. The minimum absolute atomic E-state index is 0.0515. The third-order valence-corrected chi connectivity index (χ3v) is 2.68. The number of halogens is 2. The second-order valence-corrected chi connectivity index (χ2v) is 3.68. The Morgan fingerprint density at radius 2 is 2.19 bits per heavy atom. The third-order valence-electron chi connectivity index (χ3n) is 2.29. The highest BCUT2D eigenvalue weighted by Gasteiger charge is 2.19. The van der Waals surface area contributed by atoms with E-state index >= 15 is 0 Å². The molecule has 2 aromatic rings. The molecule has 0 N–H and O–H groups in total. The summed E-state index contributed by atoms with van der Waals surface area (Å²) in [5.41, 5.74) is 0.385. The zero-order valence-corrected chi connectivity index (χ0v) is 8.95. The molecule has 82 valence electrons. The van der Waals surface area contributed by atoms with Crippen LogP contribution in [0.1, 0.15) is 5.56 Å². The van der Waals surface area contributed by atoms with Crippen LogP contribution in [-0.2, 0) is 0 Å². The van der Waals surface area contributed by atoms with Crippen LogP contribution < -0.4 is 0 Å². The molecule has 0 fully saturated rings. The first-order chi connectivity index (χ1) is 7.52. The molecule has 0 aliphatic rings. The van der Waals surface area contributed by atoms with Crippen LogP contribution in [0, 0.1) is 22.9 Å². The van der Waals surface area contributed by atoms with Crippen molar-refractivity contribution in [1.82, 2.24) is 4.98 Å². The fourth-order valence-electron chi connectivity index (χ4n) is 1.51. The van der Waals surface area contributed by atoms with E-state index in [1.165, 1.54) is 12.1 Å². The number of hydrogen-bond acceptors (Lipinski definition) is 3. The number of fused-ring (bicyclic) bond motifs is 1. The SMILES string of the molecule is Cc1ccc(F)c2ncc([N+](=O)[O-])c(Cl)c12. The van der Waals surface area contributed by atoms with E-state index in [-0.39, 0.29) is 21.6 Å². The van der Waals surface area contributed by atoms with E-state index in [9.17, 15) is 14.5 Å². The zero-order chi connectivity index (χ0) is 11.9. The van der Waals surface area contributed by atoms with Crippen molar-refractivity contribution in [2.45, 2.75) is 6.92 Å². The number of hydrogen-bond donors (Lipinski definition) is 0. The van der Waals surface area contributed by atoms with Crippen molar-refractivity contribution in [2.24, 2.45) is 0 Å². The summed E-state index contributed by atoms with van der Waals surface area (Å²) < 4.78 is 13.4. The molecule has 0 aliphatic carbocycles. The standard InChI is InChI=1S/C10H6ClFN2O2/c1-5-2-3-6(12)10-8(5)9(11)7(4-13-10)14(15)16/h2-4H,1H3. The Bertz CT molecular complexity index is 601. The summed E-state index contributed by atoms with van der Waals surface area (Å²) in [7, 11) is 0. The first kappa shape index (κ1) is 10.8. The van der Waals surface area contributed by atoms with Gasteiger partial charge in [-0.3, -0.25) is 10.1 Å². The van der Waals surface area contributed by atoms with Crippen LogP contribution in [0.5, 0.6) is 0 Å². The van der Waals surface area contributed by atoms with Gasteiger partial charge < -0.3 is 0 Å². The smallest absolute Gasteiger partial charge is 0.258 e. The Balaban J connectivity index is 2.94. The first-order valence-corrected chi connectivity index (χ1v) is 4.78. The van der Waals surface area contributed by atoms with Gasteiger partial charge in [0.1, 0.15) is 22.6 Å². The first-order valence-electron chi connectivity index (χ1n) is 4.40. The lowest BCUT2D eigenvalue weighted by atomic mass is 10.1. The van der Waals surface area contributed by atoms with E-state index < -0.39 is 10.7 Å². The van der Waals surface area contributed by atoms with Gasteiger partial charge in [-0.1, -0.05) is 17.7 Å². The zero-order valence-electron chi connectivity index (χ0n) is 8.20. The number of pyridine rings is 1. The van der Waals surface area contributed by atoms with E-state index in [1.54, 1.807) is 6.92 Å². The summed E-state index contributed by atoms with van der Waals surface area (Å²) in [5, 5.41) is 10.9. The van der Waals surface area contributed by atoms with Crippen LogP contribution in [0.4, 0.5) is 10.1 Å². The molecule has 0 spiro atoms. The lowest BCUT2D eigenvalue weighted by Crippen LogP contribution is -1.94. The number of nitro groups is 1. The van der Waals surface area contributed by atoms with E-state index in [0.717, 1.165) is 6.20 Å². The van der Waals surface area contributed by atoms with Gasteiger partial charge in [0.05, 0.1) is 4.92 Å². The number of rotatable bonds is 1. The molecule has 16 heavy (non-hydrogen) atoms. The maximum atomic E-state index is 13.4. The second kappa shape index (κ2) is 3.68.